The molecule has 1 saturated heterocycles. The van der Waals surface area contributed by atoms with Gasteiger partial charge in [-0.2, -0.15) is 0 Å². The molecule has 2 aromatic rings. The number of hydrogen-bond acceptors (Lipinski definition) is 4. The predicted octanol–water partition coefficient (Wildman–Crippen LogP) is 3.01. The second-order valence-corrected chi connectivity index (χ2v) is 9.09. The van der Waals surface area contributed by atoms with E-state index in [9.17, 15) is 13.2 Å². The standard InChI is InChI=1S/C21H24N2O4S/c1-15-5-2-3-6-17(15)14-28(25,26)22-18-8-9-19-16(13-18)10-11-23(19)21(24)20-7-4-12-27-20/h2-3,5-6,8-9,13,20,22H,4,7,10-12,14H2,1H3. The average Bonchev–Trinajstić information content (AvgIpc) is 3.32. The monoisotopic (exact) mass is 400 g/mol. The second-order valence-electron chi connectivity index (χ2n) is 7.37. The molecule has 0 radical (unpaired) electrons. The van der Waals surface area contributed by atoms with E-state index in [0.717, 1.165) is 35.2 Å². The van der Waals surface area contributed by atoms with E-state index in [2.05, 4.69) is 4.72 Å². The summed E-state index contributed by atoms with van der Waals surface area (Å²) in [5.41, 5.74) is 4.08. The summed E-state index contributed by atoms with van der Waals surface area (Å²) in [4.78, 5) is 14.4. The molecule has 1 N–H and O–H groups in total. The van der Waals surface area contributed by atoms with Crippen molar-refractivity contribution in [1.29, 1.82) is 0 Å². The highest BCUT2D eigenvalue weighted by Crippen LogP contribution is 2.32. The maximum absolute atomic E-state index is 12.6. The van der Waals surface area contributed by atoms with Crippen molar-refractivity contribution >= 4 is 27.3 Å². The van der Waals surface area contributed by atoms with E-state index in [0.29, 0.717) is 25.3 Å². The normalized spacial score (nSPS) is 18.9. The number of sulfonamides is 1. The Morgan fingerprint density at radius 2 is 2.07 bits per heavy atom. The summed E-state index contributed by atoms with van der Waals surface area (Å²) in [5.74, 6) is -0.0652. The van der Waals surface area contributed by atoms with Crippen molar-refractivity contribution in [2.24, 2.45) is 0 Å². The number of rotatable bonds is 5. The van der Waals surface area contributed by atoms with Gasteiger partial charge in [0.15, 0.2) is 0 Å². The van der Waals surface area contributed by atoms with Gasteiger partial charge in [0.05, 0.1) is 5.75 Å². The lowest BCUT2D eigenvalue weighted by Crippen LogP contribution is -2.37. The van der Waals surface area contributed by atoms with Gasteiger partial charge in [0.25, 0.3) is 5.91 Å². The van der Waals surface area contributed by atoms with Crippen molar-refractivity contribution in [3.8, 4) is 0 Å². The first-order valence-electron chi connectivity index (χ1n) is 9.54. The van der Waals surface area contributed by atoms with Gasteiger partial charge in [-0.3, -0.25) is 9.52 Å². The van der Waals surface area contributed by atoms with Crippen LogP contribution in [0.1, 0.15) is 29.5 Å². The Bertz CT molecular complexity index is 997. The highest BCUT2D eigenvalue weighted by molar-refractivity contribution is 7.91. The molecule has 6 nitrogen and oxygen atoms in total. The van der Waals surface area contributed by atoms with Crippen LogP contribution in [0.15, 0.2) is 42.5 Å². The van der Waals surface area contributed by atoms with Gasteiger partial charge < -0.3 is 9.64 Å². The molecule has 2 heterocycles. The minimum absolute atomic E-state index is 0.00383. The highest BCUT2D eigenvalue weighted by atomic mass is 32.2. The van der Waals surface area contributed by atoms with Crippen molar-refractivity contribution in [2.45, 2.75) is 38.0 Å². The van der Waals surface area contributed by atoms with Gasteiger partial charge >= 0.3 is 0 Å². The molecular formula is C21H24N2O4S. The van der Waals surface area contributed by atoms with Crippen LogP contribution in [0.2, 0.25) is 0 Å². The lowest BCUT2D eigenvalue weighted by molar-refractivity contribution is -0.127. The van der Waals surface area contributed by atoms with Crippen LogP contribution in [0.25, 0.3) is 0 Å². The fourth-order valence-electron chi connectivity index (χ4n) is 3.83. The van der Waals surface area contributed by atoms with Gasteiger partial charge in [-0.05, 0) is 61.1 Å². The van der Waals surface area contributed by atoms with E-state index in [1.165, 1.54) is 0 Å². The predicted molar refractivity (Wildman–Crippen MR) is 109 cm³/mol. The van der Waals surface area contributed by atoms with Crippen LogP contribution in [0.5, 0.6) is 0 Å². The molecule has 4 rings (SSSR count). The maximum Gasteiger partial charge on any atom is 0.256 e. The number of carbonyl (C=O) groups is 1. The zero-order valence-electron chi connectivity index (χ0n) is 15.8. The lowest BCUT2D eigenvalue weighted by atomic mass is 10.1. The Morgan fingerprint density at radius 3 is 2.82 bits per heavy atom. The number of anilines is 2. The molecule has 0 spiro atoms. The van der Waals surface area contributed by atoms with Crippen molar-refractivity contribution in [2.75, 3.05) is 22.8 Å². The van der Waals surface area contributed by atoms with Crippen LogP contribution < -0.4 is 9.62 Å². The smallest absolute Gasteiger partial charge is 0.256 e. The first kappa shape index (κ1) is 19.0. The first-order chi connectivity index (χ1) is 13.4. The number of carbonyl (C=O) groups excluding carboxylic acids is 1. The molecule has 1 atom stereocenters. The summed E-state index contributed by atoms with van der Waals surface area (Å²) in [5, 5.41) is 0. The first-order valence-corrected chi connectivity index (χ1v) is 11.2. The number of aryl methyl sites for hydroxylation is 1. The van der Waals surface area contributed by atoms with Crippen molar-refractivity contribution < 1.29 is 17.9 Å². The van der Waals surface area contributed by atoms with E-state index < -0.39 is 10.0 Å². The molecule has 1 unspecified atom stereocenters. The Kier molecular flexibility index (Phi) is 5.12. The van der Waals surface area contributed by atoms with Crippen molar-refractivity contribution in [3.05, 3.63) is 59.2 Å². The van der Waals surface area contributed by atoms with E-state index in [-0.39, 0.29) is 17.8 Å². The van der Waals surface area contributed by atoms with Crippen LogP contribution in [-0.2, 0) is 31.7 Å². The third-order valence-electron chi connectivity index (χ3n) is 5.33. The molecular weight excluding hydrogens is 376 g/mol. The number of fused-ring (bicyclic) bond motifs is 1. The number of hydrogen-bond donors (Lipinski definition) is 1. The molecule has 0 saturated carbocycles. The van der Waals surface area contributed by atoms with Gasteiger partial charge in [-0.25, -0.2) is 8.42 Å². The molecule has 1 amide bonds. The third-order valence-corrected chi connectivity index (χ3v) is 6.56. The number of nitrogens with zero attached hydrogens (tertiary/aromatic N) is 1. The fraction of sp³-hybridized carbons (Fsp3) is 0.381. The third kappa shape index (κ3) is 3.91. The minimum Gasteiger partial charge on any atom is -0.368 e. The largest absolute Gasteiger partial charge is 0.368 e. The van der Waals surface area contributed by atoms with Crippen LogP contribution in [0.4, 0.5) is 11.4 Å². The molecule has 0 aliphatic carbocycles. The fourth-order valence-corrected chi connectivity index (χ4v) is 5.12. The molecule has 1 fully saturated rings. The molecule has 28 heavy (non-hydrogen) atoms. The SMILES string of the molecule is Cc1ccccc1CS(=O)(=O)Nc1ccc2c(c1)CCN2C(=O)C1CCCO1. The quantitative estimate of drug-likeness (QED) is 0.837. The summed E-state index contributed by atoms with van der Waals surface area (Å²) >= 11 is 0. The summed E-state index contributed by atoms with van der Waals surface area (Å²) in [6, 6.07) is 12.8. The molecule has 2 aliphatic rings. The Hall–Kier alpha value is -2.38. The summed E-state index contributed by atoms with van der Waals surface area (Å²) < 4.78 is 33.3. The van der Waals surface area contributed by atoms with E-state index in [4.69, 9.17) is 4.74 Å². The molecule has 2 aliphatic heterocycles. The van der Waals surface area contributed by atoms with Gasteiger partial charge in [-0.15, -0.1) is 0 Å². The van der Waals surface area contributed by atoms with Crippen LogP contribution in [0, 0.1) is 6.92 Å². The van der Waals surface area contributed by atoms with Gasteiger partial charge in [0.1, 0.15) is 6.10 Å². The van der Waals surface area contributed by atoms with Crippen LogP contribution >= 0.6 is 0 Å². The van der Waals surface area contributed by atoms with Crippen molar-refractivity contribution in [3.63, 3.8) is 0 Å². The maximum atomic E-state index is 12.6. The molecule has 0 bridgehead atoms. The van der Waals surface area contributed by atoms with Gasteiger partial charge in [-0.1, -0.05) is 24.3 Å². The zero-order chi connectivity index (χ0) is 19.7. The minimum atomic E-state index is -3.52. The Balaban J connectivity index is 1.49. The van der Waals surface area contributed by atoms with Crippen LogP contribution in [-0.4, -0.2) is 33.6 Å². The molecule has 7 heteroatoms. The van der Waals surface area contributed by atoms with Gasteiger partial charge in [0.2, 0.25) is 10.0 Å². The number of amides is 1. The highest BCUT2D eigenvalue weighted by Gasteiger charge is 2.32. The zero-order valence-corrected chi connectivity index (χ0v) is 16.7. The molecule has 148 valence electrons. The van der Waals surface area contributed by atoms with E-state index >= 15 is 0 Å². The van der Waals surface area contributed by atoms with Gasteiger partial charge in [0, 0.05) is 24.5 Å². The van der Waals surface area contributed by atoms with E-state index in [1.807, 2.05) is 43.3 Å². The second kappa shape index (κ2) is 7.56. The molecule has 0 aromatic heterocycles. The summed E-state index contributed by atoms with van der Waals surface area (Å²) in [6.45, 7) is 3.14. The number of ether oxygens (including phenoxy) is 1. The average molecular weight is 401 g/mol. The number of nitrogens with one attached hydrogen (secondary N) is 1. The van der Waals surface area contributed by atoms with E-state index in [1.54, 1.807) is 11.0 Å². The Morgan fingerprint density at radius 1 is 1.25 bits per heavy atom. The number of benzene rings is 2. The topological polar surface area (TPSA) is 75.7 Å². The summed E-state index contributed by atoms with van der Waals surface area (Å²) in [6.07, 6.45) is 2.04. The van der Waals surface area contributed by atoms with Crippen LogP contribution in [0.3, 0.4) is 0 Å². The molecule has 2 aromatic carbocycles. The van der Waals surface area contributed by atoms with Crippen molar-refractivity contribution in [1.82, 2.24) is 0 Å². The summed E-state index contributed by atoms with van der Waals surface area (Å²) in [7, 11) is -3.52. The lowest BCUT2D eigenvalue weighted by Gasteiger charge is -2.21. The Labute approximate surface area is 165 Å².